The number of benzene rings is 3. The Morgan fingerprint density at radius 2 is 1.56 bits per heavy atom. The number of hydrogen-bond acceptors (Lipinski definition) is 5. The maximum absolute atomic E-state index is 12.6. The number of methoxy groups -OCH3 is 2. The van der Waals surface area contributed by atoms with Gasteiger partial charge in [-0.15, -0.1) is 0 Å². The summed E-state index contributed by atoms with van der Waals surface area (Å²) in [6, 6.07) is 18.6. The van der Waals surface area contributed by atoms with Crippen LogP contribution in [0.3, 0.4) is 0 Å². The number of nitrogens with zero attached hydrogens (tertiary/aromatic N) is 1. The monoisotopic (exact) mass is 510 g/mol. The van der Waals surface area contributed by atoms with Crippen LogP contribution < -0.4 is 19.1 Å². The summed E-state index contributed by atoms with van der Waals surface area (Å²) in [5, 5.41) is 2.94. The van der Waals surface area contributed by atoms with Gasteiger partial charge in [-0.05, 0) is 79.3 Å². The fourth-order valence-electron chi connectivity index (χ4n) is 3.93. The highest BCUT2D eigenvalue weighted by molar-refractivity contribution is 7.92. The lowest BCUT2D eigenvalue weighted by Gasteiger charge is -2.25. The molecule has 0 saturated carbocycles. The maximum atomic E-state index is 12.6. The molecule has 1 amide bonds. The maximum Gasteiger partial charge on any atom is 0.251 e. The van der Waals surface area contributed by atoms with Crippen LogP contribution in [0.2, 0.25) is 0 Å². The van der Waals surface area contributed by atoms with E-state index in [1.54, 1.807) is 38.5 Å². The molecule has 0 aromatic heterocycles. The fraction of sp³-hybridized carbons (Fsp3) is 0.321. The number of sulfonamides is 1. The second kappa shape index (κ2) is 11.9. The molecule has 0 radical (unpaired) electrons. The van der Waals surface area contributed by atoms with E-state index in [1.807, 2.05) is 50.2 Å². The summed E-state index contributed by atoms with van der Waals surface area (Å²) in [4.78, 5) is 12.6. The first-order valence-corrected chi connectivity index (χ1v) is 13.6. The molecule has 7 nitrogen and oxygen atoms in total. The predicted molar refractivity (Wildman–Crippen MR) is 144 cm³/mol. The van der Waals surface area contributed by atoms with Gasteiger partial charge in [0.25, 0.3) is 5.91 Å². The van der Waals surface area contributed by atoms with Crippen LogP contribution in [0.5, 0.6) is 11.5 Å². The molecule has 0 aliphatic rings. The lowest BCUT2D eigenvalue weighted by Crippen LogP contribution is -2.30. The van der Waals surface area contributed by atoms with Gasteiger partial charge in [-0.2, -0.15) is 0 Å². The molecule has 192 valence electrons. The highest BCUT2D eigenvalue weighted by Crippen LogP contribution is 2.28. The van der Waals surface area contributed by atoms with Crippen LogP contribution in [0.15, 0.2) is 60.7 Å². The van der Waals surface area contributed by atoms with Crippen molar-refractivity contribution in [3.63, 3.8) is 0 Å². The van der Waals surface area contributed by atoms with Crippen LogP contribution >= 0.6 is 0 Å². The number of carbonyl (C=O) groups excluding carboxylic acids is 1. The molecular formula is C28H34N2O5S. The van der Waals surface area contributed by atoms with Crippen molar-refractivity contribution in [1.29, 1.82) is 0 Å². The molecule has 0 atom stereocenters. The summed E-state index contributed by atoms with van der Waals surface area (Å²) in [6.07, 6.45) is 2.77. The fourth-order valence-corrected chi connectivity index (χ4v) is 4.87. The molecule has 0 spiro atoms. The van der Waals surface area contributed by atoms with Crippen molar-refractivity contribution in [2.75, 3.05) is 31.3 Å². The van der Waals surface area contributed by atoms with Gasteiger partial charge in [-0.1, -0.05) is 30.3 Å². The molecule has 3 aromatic carbocycles. The smallest absolute Gasteiger partial charge is 0.251 e. The van der Waals surface area contributed by atoms with Crippen molar-refractivity contribution in [3.8, 4) is 11.5 Å². The van der Waals surface area contributed by atoms with Gasteiger partial charge in [-0.25, -0.2) is 8.42 Å². The molecule has 0 heterocycles. The van der Waals surface area contributed by atoms with E-state index in [9.17, 15) is 13.2 Å². The van der Waals surface area contributed by atoms with Crippen molar-refractivity contribution in [2.24, 2.45) is 0 Å². The number of anilines is 1. The highest BCUT2D eigenvalue weighted by Gasteiger charge is 2.20. The van der Waals surface area contributed by atoms with Crippen molar-refractivity contribution < 1.29 is 22.7 Å². The Bertz CT molecular complexity index is 1300. The van der Waals surface area contributed by atoms with Crippen LogP contribution in [-0.4, -0.2) is 41.3 Å². The third kappa shape index (κ3) is 7.01. The van der Waals surface area contributed by atoms with Crippen molar-refractivity contribution in [3.05, 3.63) is 88.5 Å². The van der Waals surface area contributed by atoms with Gasteiger partial charge >= 0.3 is 0 Å². The Hall–Kier alpha value is -3.52. The second-order valence-corrected chi connectivity index (χ2v) is 10.7. The zero-order valence-electron chi connectivity index (χ0n) is 21.5. The molecule has 0 aliphatic carbocycles. The van der Waals surface area contributed by atoms with Crippen LogP contribution in [-0.2, 0) is 23.0 Å². The van der Waals surface area contributed by atoms with Crippen molar-refractivity contribution in [2.45, 2.75) is 33.2 Å². The normalized spacial score (nSPS) is 11.1. The van der Waals surface area contributed by atoms with Crippen LogP contribution in [0.4, 0.5) is 5.69 Å². The van der Waals surface area contributed by atoms with E-state index < -0.39 is 10.0 Å². The Morgan fingerprint density at radius 1 is 0.889 bits per heavy atom. The van der Waals surface area contributed by atoms with Gasteiger partial charge in [0.1, 0.15) is 0 Å². The molecule has 0 bridgehead atoms. The highest BCUT2D eigenvalue weighted by atomic mass is 32.2. The molecule has 3 aromatic rings. The van der Waals surface area contributed by atoms with Gasteiger partial charge in [0.05, 0.1) is 32.7 Å². The summed E-state index contributed by atoms with van der Waals surface area (Å²) in [5.41, 5.74) is 4.96. The molecular weight excluding hydrogens is 476 g/mol. The van der Waals surface area contributed by atoms with E-state index in [2.05, 4.69) is 5.32 Å². The summed E-state index contributed by atoms with van der Waals surface area (Å²) < 4.78 is 37.1. The standard InChI is InChI=1S/C28H34N2O5S/c1-20-8-9-21(2)25(17-20)30(36(5,32)33)19-23-10-13-24(14-11-23)28(31)29-16-6-7-22-12-15-26(34-3)27(18-22)35-4/h8-15,17-18H,6-7,16,19H2,1-5H3,(H,29,31). The van der Waals surface area contributed by atoms with Gasteiger partial charge in [0.15, 0.2) is 11.5 Å². The number of aryl methyl sites for hydroxylation is 3. The summed E-state index contributed by atoms with van der Waals surface area (Å²) in [6.45, 7) is 4.55. The topological polar surface area (TPSA) is 84.9 Å². The average Bonchev–Trinajstić information content (AvgIpc) is 2.86. The van der Waals surface area contributed by atoms with E-state index in [-0.39, 0.29) is 12.5 Å². The van der Waals surface area contributed by atoms with Crippen LogP contribution in [0, 0.1) is 13.8 Å². The third-order valence-electron chi connectivity index (χ3n) is 5.95. The summed E-state index contributed by atoms with van der Waals surface area (Å²) in [5.74, 6) is 1.21. The van der Waals surface area contributed by atoms with E-state index in [1.165, 1.54) is 10.6 Å². The Labute approximate surface area is 214 Å². The number of carbonyl (C=O) groups is 1. The molecule has 0 unspecified atom stereocenters. The molecule has 0 fully saturated rings. The minimum Gasteiger partial charge on any atom is -0.493 e. The molecule has 36 heavy (non-hydrogen) atoms. The van der Waals surface area contributed by atoms with E-state index in [4.69, 9.17) is 9.47 Å². The zero-order valence-corrected chi connectivity index (χ0v) is 22.3. The number of ether oxygens (including phenoxy) is 2. The van der Waals surface area contributed by atoms with Crippen LogP contribution in [0.1, 0.15) is 39.0 Å². The lowest BCUT2D eigenvalue weighted by molar-refractivity contribution is 0.0953. The predicted octanol–water partition coefficient (Wildman–Crippen LogP) is 4.65. The van der Waals surface area contributed by atoms with Gasteiger partial charge in [0, 0.05) is 12.1 Å². The largest absolute Gasteiger partial charge is 0.493 e. The Kier molecular flexibility index (Phi) is 8.98. The first kappa shape index (κ1) is 27.1. The zero-order chi connectivity index (χ0) is 26.3. The van der Waals surface area contributed by atoms with Gasteiger partial charge in [0.2, 0.25) is 10.0 Å². The minimum absolute atomic E-state index is 0.164. The number of amides is 1. The van der Waals surface area contributed by atoms with E-state index in [0.717, 1.165) is 35.1 Å². The SMILES string of the molecule is COc1ccc(CCCNC(=O)c2ccc(CN(c3cc(C)ccc3C)S(C)(=O)=O)cc2)cc1OC. The number of hydrogen-bond donors (Lipinski definition) is 1. The lowest BCUT2D eigenvalue weighted by atomic mass is 10.1. The van der Waals surface area contributed by atoms with Crippen LogP contribution in [0.25, 0.3) is 0 Å². The third-order valence-corrected chi connectivity index (χ3v) is 7.08. The Morgan fingerprint density at radius 3 is 2.19 bits per heavy atom. The number of nitrogens with one attached hydrogen (secondary N) is 1. The molecule has 0 saturated heterocycles. The average molecular weight is 511 g/mol. The second-order valence-electron chi connectivity index (χ2n) is 8.81. The van der Waals surface area contributed by atoms with E-state index in [0.29, 0.717) is 29.3 Å². The summed E-state index contributed by atoms with van der Waals surface area (Å²) in [7, 11) is -0.279. The molecule has 0 aliphatic heterocycles. The Balaban J connectivity index is 1.58. The first-order chi connectivity index (χ1) is 17.1. The molecule has 1 N–H and O–H groups in total. The molecule has 8 heteroatoms. The van der Waals surface area contributed by atoms with Gasteiger partial charge in [-0.3, -0.25) is 9.10 Å². The first-order valence-electron chi connectivity index (χ1n) is 11.8. The quantitative estimate of drug-likeness (QED) is 0.380. The molecule has 3 rings (SSSR count). The van der Waals surface area contributed by atoms with Crippen molar-refractivity contribution in [1.82, 2.24) is 5.32 Å². The number of rotatable bonds is 11. The summed E-state index contributed by atoms with van der Waals surface area (Å²) >= 11 is 0. The van der Waals surface area contributed by atoms with Crippen molar-refractivity contribution >= 4 is 21.6 Å². The van der Waals surface area contributed by atoms with Gasteiger partial charge < -0.3 is 14.8 Å². The van der Waals surface area contributed by atoms with E-state index >= 15 is 0 Å². The minimum atomic E-state index is -3.49.